The number of benzene rings is 2. The van der Waals surface area contributed by atoms with Crippen molar-refractivity contribution in [1.82, 2.24) is 0 Å². The summed E-state index contributed by atoms with van der Waals surface area (Å²) in [6.07, 6.45) is 0.428. The summed E-state index contributed by atoms with van der Waals surface area (Å²) in [6, 6.07) is 13.5. The molecule has 2 aromatic carbocycles. The molecule has 2 aromatic rings. The van der Waals surface area contributed by atoms with Gasteiger partial charge in [0.15, 0.2) is 5.78 Å². The van der Waals surface area contributed by atoms with E-state index >= 15 is 0 Å². The van der Waals surface area contributed by atoms with E-state index in [9.17, 15) is 9.59 Å². The Labute approximate surface area is 116 Å². The fraction of sp³-hybridized carbons (Fsp3) is 0.125. The van der Waals surface area contributed by atoms with Crippen LogP contribution < -0.4 is 5.73 Å². The number of rotatable bonds is 5. The SMILES string of the molecule is NCCc1cc(C(=O)c2ccccc2)ccc1C(=O)O. The highest BCUT2D eigenvalue weighted by Gasteiger charge is 2.14. The summed E-state index contributed by atoms with van der Waals surface area (Å²) in [5.74, 6) is -1.13. The van der Waals surface area contributed by atoms with E-state index in [2.05, 4.69) is 0 Å². The molecule has 0 heterocycles. The van der Waals surface area contributed by atoms with Crippen LogP contribution in [0.3, 0.4) is 0 Å². The van der Waals surface area contributed by atoms with Gasteiger partial charge in [-0.05, 0) is 30.7 Å². The molecule has 0 fully saturated rings. The molecule has 0 atom stereocenters. The lowest BCUT2D eigenvalue weighted by atomic mass is 9.96. The Morgan fingerprint density at radius 2 is 1.70 bits per heavy atom. The molecular formula is C16H15NO3. The lowest BCUT2D eigenvalue weighted by molar-refractivity contribution is 0.0695. The Morgan fingerprint density at radius 1 is 1.00 bits per heavy atom. The molecule has 0 spiro atoms. The fourth-order valence-electron chi connectivity index (χ4n) is 2.06. The zero-order valence-electron chi connectivity index (χ0n) is 10.9. The highest BCUT2D eigenvalue weighted by molar-refractivity contribution is 6.09. The van der Waals surface area contributed by atoms with Gasteiger partial charge in [-0.1, -0.05) is 36.4 Å². The first-order chi connectivity index (χ1) is 9.63. The number of carbonyl (C=O) groups excluding carboxylic acids is 1. The topological polar surface area (TPSA) is 80.4 Å². The van der Waals surface area contributed by atoms with Crippen molar-refractivity contribution in [3.05, 3.63) is 70.8 Å². The Bertz CT molecular complexity index is 635. The first-order valence-corrected chi connectivity index (χ1v) is 6.29. The summed E-state index contributed by atoms with van der Waals surface area (Å²) in [7, 11) is 0. The minimum atomic E-state index is -1.01. The van der Waals surface area contributed by atoms with Gasteiger partial charge in [0, 0.05) is 11.1 Å². The van der Waals surface area contributed by atoms with Crippen molar-refractivity contribution < 1.29 is 14.7 Å². The van der Waals surface area contributed by atoms with Crippen molar-refractivity contribution in [3.63, 3.8) is 0 Å². The summed E-state index contributed by atoms with van der Waals surface area (Å²) < 4.78 is 0. The van der Waals surface area contributed by atoms with Crippen molar-refractivity contribution >= 4 is 11.8 Å². The van der Waals surface area contributed by atoms with E-state index in [1.165, 1.54) is 6.07 Å². The van der Waals surface area contributed by atoms with Gasteiger partial charge < -0.3 is 10.8 Å². The van der Waals surface area contributed by atoms with E-state index in [0.717, 1.165) is 0 Å². The molecule has 4 nitrogen and oxygen atoms in total. The molecule has 3 N–H and O–H groups in total. The number of hydrogen-bond acceptors (Lipinski definition) is 3. The van der Waals surface area contributed by atoms with Crippen LogP contribution >= 0.6 is 0 Å². The molecular weight excluding hydrogens is 254 g/mol. The third-order valence-electron chi connectivity index (χ3n) is 3.05. The molecule has 0 bridgehead atoms. The third kappa shape index (κ3) is 2.92. The van der Waals surface area contributed by atoms with Crippen LogP contribution in [-0.4, -0.2) is 23.4 Å². The van der Waals surface area contributed by atoms with Crippen LogP contribution in [0.2, 0.25) is 0 Å². The fourth-order valence-corrected chi connectivity index (χ4v) is 2.06. The molecule has 0 radical (unpaired) electrons. The average Bonchev–Trinajstić information content (AvgIpc) is 2.47. The zero-order valence-corrected chi connectivity index (χ0v) is 10.9. The summed E-state index contributed by atoms with van der Waals surface area (Å²) in [6.45, 7) is 0.337. The maximum atomic E-state index is 12.3. The average molecular weight is 269 g/mol. The van der Waals surface area contributed by atoms with Gasteiger partial charge in [-0.3, -0.25) is 4.79 Å². The quantitative estimate of drug-likeness (QED) is 0.815. The van der Waals surface area contributed by atoms with Crippen LogP contribution in [0.1, 0.15) is 31.8 Å². The molecule has 0 aromatic heterocycles. The number of nitrogens with two attached hydrogens (primary N) is 1. The van der Waals surface area contributed by atoms with Crippen LogP contribution in [0.4, 0.5) is 0 Å². The molecule has 4 heteroatoms. The largest absolute Gasteiger partial charge is 0.478 e. The van der Waals surface area contributed by atoms with Gasteiger partial charge in [-0.25, -0.2) is 4.79 Å². The molecule has 0 unspecified atom stereocenters. The van der Waals surface area contributed by atoms with Crippen molar-refractivity contribution in [1.29, 1.82) is 0 Å². The monoisotopic (exact) mass is 269 g/mol. The van der Waals surface area contributed by atoms with Gasteiger partial charge in [0.05, 0.1) is 5.56 Å². The Hall–Kier alpha value is -2.46. The first kappa shape index (κ1) is 14.0. The van der Waals surface area contributed by atoms with E-state index < -0.39 is 5.97 Å². The Morgan fingerprint density at radius 3 is 2.30 bits per heavy atom. The molecule has 0 aliphatic heterocycles. The van der Waals surface area contributed by atoms with Crippen LogP contribution in [-0.2, 0) is 6.42 Å². The smallest absolute Gasteiger partial charge is 0.335 e. The van der Waals surface area contributed by atoms with Crippen LogP contribution in [0.25, 0.3) is 0 Å². The van der Waals surface area contributed by atoms with E-state index in [-0.39, 0.29) is 11.3 Å². The summed E-state index contributed by atoms with van der Waals surface area (Å²) >= 11 is 0. The summed E-state index contributed by atoms with van der Waals surface area (Å²) in [5, 5.41) is 9.11. The van der Waals surface area contributed by atoms with Crippen molar-refractivity contribution in [2.75, 3.05) is 6.54 Å². The second kappa shape index (κ2) is 6.12. The van der Waals surface area contributed by atoms with Crippen molar-refractivity contribution in [2.45, 2.75) is 6.42 Å². The number of carboxylic acid groups (broad SMARTS) is 1. The van der Waals surface area contributed by atoms with E-state index in [1.807, 2.05) is 6.07 Å². The molecule has 0 aliphatic carbocycles. The molecule has 20 heavy (non-hydrogen) atoms. The number of ketones is 1. The molecule has 0 saturated heterocycles. The van der Waals surface area contributed by atoms with Gasteiger partial charge >= 0.3 is 5.97 Å². The first-order valence-electron chi connectivity index (χ1n) is 6.29. The highest BCUT2D eigenvalue weighted by atomic mass is 16.4. The van der Waals surface area contributed by atoms with Gasteiger partial charge in [-0.2, -0.15) is 0 Å². The molecule has 0 aliphatic rings. The van der Waals surface area contributed by atoms with Crippen LogP contribution in [0, 0.1) is 0 Å². The predicted octanol–water partition coefficient (Wildman–Crippen LogP) is 2.12. The number of carbonyl (C=O) groups is 2. The Balaban J connectivity index is 2.41. The standard InChI is InChI=1S/C16H15NO3/c17-9-8-12-10-13(6-7-14(12)16(19)20)15(18)11-4-2-1-3-5-11/h1-7,10H,8-9,17H2,(H,19,20). The van der Waals surface area contributed by atoms with E-state index in [0.29, 0.717) is 29.7 Å². The van der Waals surface area contributed by atoms with Crippen molar-refractivity contribution in [2.24, 2.45) is 5.73 Å². The minimum Gasteiger partial charge on any atom is -0.478 e. The highest BCUT2D eigenvalue weighted by Crippen LogP contribution is 2.16. The maximum absolute atomic E-state index is 12.3. The van der Waals surface area contributed by atoms with Gasteiger partial charge in [0.1, 0.15) is 0 Å². The van der Waals surface area contributed by atoms with Gasteiger partial charge in [0.2, 0.25) is 0 Å². The van der Waals surface area contributed by atoms with Crippen LogP contribution in [0.15, 0.2) is 48.5 Å². The zero-order chi connectivity index (χ0) is 14.5. The number of hydrogen-bond donors (Lipinski definition) is 2. The van der Waals surface area contributed by atoms with Crippen molar-refractivity contribution in [3.8, 4) is 0 Å². The number of carboxylic acids is 1. The van der Waals surface area contributed by atoms with Crippen LogP contribution in [0.5, 0.6) is 0 Å². The second-order valence-electron chi connectivity index (χ2n) is 4.41. The second-order valence-corrected chi connectivity index (χ2v) is 4.41. The molecule has 0 saturated carbocycles. The maximum Gasteiger partial charge on any atom is 0.335 e. The Kier molecular flexibility index (Phi) is 4.27. The minimum absolute atomic E-state index is 0.124. The lowest BCUT2D eigenvalue weighted by Gasteiger charge is -2.08. The third-order valence-corrected chi connectivity index (χ3v) is 3.05. The summed E-state index contributed by atoms with van der Waals surface area (Å²) in [4.78, 5) is 23.4. The summed E-state index contributed by atoms with van der Waals surface area (Å²) in [5.41, 5.74) is 7.32. The van der Waals surface area contributed by atoms with E-state index in [4.69, 9.17) is 10.8 Å². The molecule has 102 valence electrons. The van der Waals surface area contributed by atoms with E-state index in [1.54, 1.807) is 36.4 Å². The lowest BCUT2D eigenvalue weighted by Crippen LogP contribution is -2.11. The molecule has 2 rings (SSSR count). The van der Waals surface area contributed by atoms with Gasteiger partial charge in [0.25, 0.3) is 0 Å². The normalized spacial score (nSPS) is 10.2. The molecule has 0 amide bonds. The van der Waals surface area contributed by atoms with Gasteiger partial charge in [-0.15, -0.1) is 0 Å². The number of aromatic carboxylic acids is 1. The predicted molar refractivity (Wildman–Crippen MR) is 76.0 cm³/mol.